The molecule has 1 heterocycles. The van der Waals surface area contributed by atoms with Crippen LogP contribution < -0.4 is 5.32 Å². The van der Waals surface area contributed by atoms with Crippen LogP contribution in [0.2, 0.25) is 0 Å². The van der Waals surface area contributed by atoms with Crippen LogP contribution in [-0.4, -0.2) is 35.7 Å². The fraction of sp³-hybridized carbons (Fsp3) is 0.556. The maximum absolute atomic E-state index is 11.3. The van der Waals surface area contributed by atoms with Crippen molar-refractivity contribution < 1.29 is 14.3 Å². The predicted octanol–water partition coefficient (Wildman–Crippen LogP) is -0.0759. The molecule has 1 aliphatic heterocycles. The van der Waals surface area contributed by atoms with Gasteiger partial charge in [-0.3, -0.25) is 15.0 Å². The number of terminal acetylenes is 1. The smallest absolute Gasteiger partial charge is 0.326 e. The highest BCUT2D eigenvalue weighted by Gasteiger charge is 2.45. The Hall–Kier alpha value is -1.54. The minimum atomic E-state index is -0.869. The van der Waals surface area contributed by atoms with E-state index in [0.29, 0.717) is 0 Å². The molecule has 0 unspecified atom stereocenters. The summed E-state index contributed by atoms with van der Waals surface area (Å²) >= 11 is 0. The third-order valence-electron chi connectivity index (χ3n) is 2.10. The lowest BCUT2D eigenvalue weighted by atomic mass is 10.1. The SMILES string of the molecule is C#CCOCN1C(=O)NC(=O)C1(C)C. The first kappa shape index (κ1) is 10.5. The van der Waals surface area contributed by atoms with Crippen molar-refractivity contribution in [3.05, 3.63) is 0 Å². The molecule has 1 saturated heterocycles. The van der Waals surface area contributed by atoms with Gasteiger partial charge in [-0.05, 0) is 13.8 Å². The van der Waals surface area contributed by atoms with E-state index in [9.17, 15) is 9.59 Å². The molecule has 1 N–H and O–H groups in total. The number of ether oxygens (including phenoxy) is 1. The summed E-state index contributed by atoms with van der Waals surface area (Å²) in [5, 5.41) is 2.20. The number of rotatable bonds is 3. The van der Waals surface area contributed by atoms with Crippen molar-refractivity contribution >= 4 is 11.9 Å². The van der Waals surface area contributed by atoms with Crippen LogP contribution in [0.5, 0.6) is 0 Å². The molecule has 5 nitrogen and oxygen atoms in total. The van der Waals surface area contributed by atoms with E-state index < -0.39 is 11.6 Å². The largest absolute Gasteiger partial charge is 0.348 e. The van der Waals surface area contributed by atoms with E-state index in [-0.39, 0.29) is 19.2 Å². The lowest BCUT2D eigenvalue weighted by molar-refractivity contribution is -0.126. The molecule has 76 valence electrons. The summed E-state index contributed by atoms with van der Waals surface area (Å²) in [6.07, 6.45) is 4.98. The van der Waals surface area contributed by atoms with Crippen LogP contribution >= 0.6 is 0 Å². The van der Waals surface area contributed by atoms with E-state index in [4.69, 9.17) is 11.2 Å². The van der Waals surface area contributed by atoms with Gasteiger partial charge in [0.05, 0.1) is 0 Å². The van der Waals surface area contributed by atoms with Gasteiger partial charge in [-0.2, -0.15) is 0 Å². The van der Waals surface area contributed by atoms with Gasteiger partial charge in [0.2, 0.25) is 0 Å². The average Bonchev–Trinajstić information content (AvgIpc) is 2.28. The third kappa shape index (κ3) is 1.70. The zero-order chi connectivity index (χ0) is 10.8. The summed E-state index contributed by atoms with van der Waals surface area (Å²) in [5.74, 6) is 1.95. The van der Waals surface area contributed by atoms with Gasteiger partial charge < -0.3 is 4.74 Å². The Labute approximate surface area is 82.4 Å². The van der Waals surface area contributed by atoms with Crippen LogP contribution in [0.1, 0.15) is 13.8 Å². The molecule has 0 saturated carbocycles. The van der Waals surface area contributed by atoms with Gasteiger partial charge in [0.1, 0.15) is 18.9 Å². The van der Waals surface area contributed by atoms with E-state index in [1.165, 1.54) is 4.90 Å². The monoisotopic (exact) mass is 196 g/mol. The van der Waals surface area contributed by atoms with Crippen LogP contribution in [0, 0.1) is 12.3 Å². The molecule has 0 bridgehead atoms. The minimum Gasteiger partial charge on any atom is -0.348 e. The lowest BCUT2D eigenvalue weighted by Crippen LogP contribution is -2.45. The van der Waals surface area contributed by atoms with E-state index in [1.54, 1.807) is 13.8 Å². The Kier molecular flexibility index (Phi) is 2.77. The second-order valence-electron chi connectivity index (χ2n) is 3.43. The highest BCUT2D eigenvalue weighted by Crippen LogP contribution is 2.20. The number of hydrogen-bond acceptors (Lipinski definition) is 3. The highest BCUT2D eigenvalue weighted by atomic mass is 16.5. The maximum atomic E-state index is 11.3. The Morgan fingerprint density at radius 3 is 2.64 bits per heavy atom. The van der Waals surface area contributed by atoms with Crippen LogP contribution in [-0.2, 0) is 9.53 Å². The normalized spacial score (nSPS) is 19.4. The molecule has 0 aromatic carbocycles. The number of urea groups is 1. The summed E-state index contributed by atoms with van der Waals surface area (Å²) in [4.78, 5) is 23.8. The Morgan fingerprint density at radius 1 is 1.57 bits per heavy atom. The topological polar surface area (TPSA) is 58.6 Å². The number of carbonyl (C=O) groups excluding carboxylic acids is 2. The number of amides is 3. The summed E-state index contributed by atoms with van der Waals surface area (Å²) in [5.41, 5.74) is -0.869. The van der Waals surface area contributed by atoms with E-state index in [1.807, 2.05) is 0 Å². The number of nitrogens with zero attached hydrogens (tertiary/aromatic N) is 1. The Morgan fingerprint density at radius 2 is 2.21 bits per heavy atom. The first-order valence-corrected chi connectivity index (χ1v) is 4.14. The predicted molar refractivity (Wildman–Crippen MR) is 49.1 cm³/mol. The summed E-state index contributed by atoms with van der Waals surface area (Å²) in [6, 6.07) is -0.447. The van der Waals surface area contributed by atoms with Gasteiger partial charge in [-0.1, -0.05) is 5.92 Å². The first-order chi connectivity index (χ1) is 6.50. The average molecular weight is 196 g/mol. The van der Waals surface area contributed by atoms with Crippen molar-refractivity contribution in [2.45, 2.75) is 19.4 Å². The van der Waals surface area contributed by atoms with Crippen LogP contribution in [0.15, 0.2) is 0 Å². The molecule has 0 atom stereocenters. The lowest BCUT2D eigenvalue weighted by Gasteiger charge is -2.26. The van der Waals surface area contributed by atoms with Crippen LogP contribution in [0.4, 0.5) is 4.79 Å². The van der Waals surface area contributed by atoms with Gasteiger partial charge in [0.25, 0.3) is 5.91 Å². The molecule has 0 aromatic heterocycles. The molecule has 1 fully saturated rings. The second-order valence-corrected chi connectivity index (χ2v) is 3.43. The molecule has 1 aliphatic rings. The van der Waals surface area contributed by atoms with Crippen molar-refractivity contribution in [3.8, 4) is 12.3 Å². The molecular formula is C9H12N2O3. The van der Waals surface area contributed by atoms with Crippen molar-refractivity contribution in [1.82, 2.24) is 10.2 Å². The maximum Gasteiger partial charge on any atom is 0.326 e. The summed E-state index contributed by atoms with van der Waals surface area (Å²) in [6.45, 7) is 3.43. The Bertz CT molecular complexity index is 304. The molecule has 0 spiro atoms. The van der Waals surface area contributed by atoms with Crippen molar-refractivity contribution in [2.24, 2.45) is 0 Å². The van der Waals surface area contributed by atoms with Crippen molar-refractivity contribution in [3.63, 3.8) is 0 Å². The minimum absolute atomic E-state index is 0.0226. The van der Waals surface area contributed by atoms with Gasteiger partial charge in [0.15, 0.2) is 0 Å². The molecule has 0 aliphatic carbocycles. The van der Waals surface area contributed by atoms with E-state index in [2.05, 4.69) is 11.2 Å². The zero-order valence-electron chi connectivity index (χ0n) is 8.16. The number of nitrogens with one attached hydrogen (secondary N) is 1. The molecule has 0 radical (unpaired) electrons. The number of hydrogen-bond donors (Lipinski definition) is 1. The van der Waals surface area contributed by atoms with Gasteiger partial charge in [-0.25, -0.2) is 4.79 Å². The Balaban J connectivity index is 2.63. The van der Waals surface area contributed by atoms with Crippen molar-refractivity contribution in [2.75, 3.05) is 13.3 Å². The quantitative estimate of drug-likeness (QED) is 0.390. The fourth-order valence-corrected chi connectivity index (χ4v) is 1.11. The molecule has 5 heteroatoms. The summed E-state index contributed by atoms with van der Waals surface area (Å²) < 4.78 is 5.00. The molecule has 3 amide bonds. The van der Waals surface area contributed by atoms with Crippen molar-refractivity contribution in [1.29, 1.82) is 0 Å². The molecule has 1 rings (SSSR count). The zero-order valence-corrected chi connectivity index (χ0v) is 8.16. The third-order valence-corrected chi connectivity index (χ3v) is 2.10. The van der Waals surface area contributed by atoms with E-state index in [0.717, 1.165) is 0 Å². The molecule has 0 aromatic rings. The van der Waals surface area contributed by atoms with E-state index >= 15 is 0 Å². The van der Waals surface area contributed by atoms with Gasteiger partial charge in [0, 0.05) is 0 Å². The molecular weight excluding hydrogens is 184 g/mol. The first-order valence-electron chi connectivity index (χ1n) is 4.14. The van der Waals surface area contributed by atoms with Gasteiger partial charge >= 0.3 is 6.03 Å². The highest BCUT2D eigenvalue weighted by molar-refractivity contribution is 6.06. The number of carbonyl (C=O) groups is 2. The fourth-order valence-electron chi connectivity index (χ4n) is 1.11. The van der Waals surface area contributed by atoms with Crippen LogP contribution in [0.3, 0.4) is 0 Å². The van der Waals surface area contributed by atoms with Gasteiger partial charge in [-0.15, -0.1) is 6.42 Å². The van der Waals surface area contributed by atoms with Crippen LogP contribution in [0.25, 0.3) is 0 Å². The summed E-state index contributed by atoms with van der Waals surface area (Å²) in [7, 11) is 0. The second kappa shape index (κ2) is 3.68. The molecule has 14 heavy (non-hydrogen) atoms. The standard InChI is InChI=1S/C9H12N2O3/c1-4-5-14-6-11-8(13)10-7(12)9(11,2)3/h1H,5-6H2,2-3H3,(H,10,12,13). The number of imide groups is 1.